The molecular formula is C11H21ClN2. The van der Waals surface area contributed by atoms with Crippen molar-refractivity contribution in [3.8, 4) is 0 Å². The molecule has 1 N–H and O–H groups in total. The van der Waals surface area contributed by atoms with Gasteiger partial charge in [-0.1, -0.05) is 24.6 Å². The molecule has 1 rings (SSSR count). The van der Waals surface area contributed by atoms with Crippen molar-refractivity contribution in [1.29, 1.82) is 0 Å². The summed E-state index contributed by atoms with van der Waals surface area (Å²) in [5.74, 6) is 0. The average Bonchev–Trinajstić information content (AvgIpc) is 2.63. The summed E-state index contributed by atoms with van der Waals surface area (Å²) in [6, 6.07) is 0.717. The third-order valence-corrected chi connectivity index (χ3v) is 2.91. The Labute approximate surface area is 92.3 Å². The van der Waals surface area contributed by atoms with Gasteiger partial charge in [-0.05, 0) is 32.4 Å². The molecule has 0 aromatic carbocycles. The van der Waals surface area contributed by atoms with E-state index in [1.54, 1.807) is 5.54 Å². The summed E-state index contributed by atoms with van der Waals surface area (Å²) in [6.07, 6.45) is 5.90. The Morgan fingerprint density at radius 3 is 3.14 bits per heavy atom. The van der Waals surface area contributed by atoms with Gasteiger partial charge in [-0.15, -0.1) is 0 Å². The lowest BCUT2D eigenvalue weighted by molar-refractivity contribution is 0.273. The zero-order valence-electron chi connectivity index (χ0n) is 9.01. The maximum Gasteiger partial charge on any atom is 0.0224 e. The van der Waals surface area contributed by atoms with Gasteiger partial charge in [-0.3, -0.25) is 4.90 Å². The van der Waals surface area contributed by atoms with Crippen LogP contribution in [-0.4, -0.2) is 37.1 Å². The number of nitrogens with zero attached hydrogens (tertiary/aromatic N) is 1. The molecule has 1 fully saturated rings. The Balaban J connectivity index is 2.20. The summed E-state index contributed by atoms with van der Waals surface area (Å²) in [5.41, 5.74) is 1.62. The maximum atomic E-state index is 5.53. The largest absolute Gasteiger partial charge is 0.315 e. The van der Waals surface area contributed by atoms with Crippen molar-refractivity contribution < 1.29 is 0 Å². The van der Waals surface area contributed by atoms with Crippen LogP contribution in [0.25, 0.3) is 0 Å². The van der Waals surface area contributed by atoms with Crippen LogP contribution in [0.5, 0.6) is 0 Å². The predicted octanol–water partition coefficient (Wildman–Crippen LogP) is 2.20. The molecule has 0 aliphatic carbocycles. The van der Waals surface area contributed by atoms with E-state index in [2.05, 4.69) is 17.1 Å². The predicted molar refractivity (Wildman–Crippen MR) is 62.7 cm³/mol. The molecule has 0 spiro atoms. The molecule has 0 aromatic rings. The zero-order chi connectivity index (χ0) is 10.2. The normalized spacial score (nSPS) is 23.7. The van der Waals surface area contributed by atoms with Crippen molar-refractivity contribution in [3.05, 3.63) is 11.6 Å². The van der Waals surface area contributed by atoms with Gasteiger partial charge in [-0.25, -0.2) is 0 Å². The van der Waals surface area contributed by atoms with E-state index in [-0.39, 0.29) is 0 Å². The van der Waals surface area contributed by atoms with Gasteiger partial charge in [0.1, 0.15) is 0 Å². The van der Waals surface area contributed by atoms with Gasteiger partial charge in [0.25, 0.3) is 0 Å². The summed E-state index contributed by atoms with van der Waals surface area (Å²) in [4.78, 5) is 2.50. The van der Waals surface area contributed by atoms with Gasteiger partial charge in [0, 0.05) is 24.7 Å². The van der Waals surface area contributed by atoms with Crippen molar-refractivity contribution in [2.75, 3.05) is 26.2 Å². The Morgan fingerprint density at radius 1 is 1.57 bits per heavy atom. The molecule has 0 aromatic heterocycles. The Kier molecular flexibility index (Phi) is 6.24. The maximum absolute atomic E-state index is 5.53. The number of hydrogen-bond donors (Lipinski definition) is 1. The molecule has 14 heavy (non-hydrogen) atoms. The summed E-state index contributed by atoms with van der Waals surface area (Å²) in [5, 5.41) is 3.48. The topological polar surface area (TPSA) is 15.3 Å². The summed E-state index contributed by atoms with van der Waals surface area (Å²) in [7, 11) is 0. The van der Waals surface area contributed by atoms with E-state index < -0.39 is 0 Å². The zero-order valence-corrected chi connectivity index (χ0v) is 9.76. The van der Waals surface area contributed by atoms with Crippen molar-refractivity contribution >= 4 is 11.6 Å². The monoisotopic (exact) mass is 216 g/mol. The first-order valence-electron chi connectivity index (χ1n) is 5.58. The molecule has 1 aliphatic rings. The molecule has 2 nitrogen and oxygen atoms in total. The van der Waals surface area contributed by atoms with E-state index in [1.807, 2.05) is 6.08 Å². The minimum Gasteiger partial charge on any atom is -0.315 e. The number of likely N-dealkylation sites (tertiary alicyclic amines) is 1. The van der Waals surface area contributed by atoms with Crippen LogP contribution in [0, 0.1) is 0 Å². The number of nitrogens with one attached hydrogen (secondary N) is 1. The second kappa shape index (κ2) is 7.27. The summed E-state index contributed by atoms with van der Waals surface area (Å²) >= 11 is 5.53. The second-order valence-electron chi connectivity index (χ2n) is 3.86. The van der Waals surface area contributed by atoms with Gasteiger partial charge in [0.2, 0.25) is 0 Å². The van der Waals surface area contributed by atoms with E-state index in [0.717, 1.165) is 25.7 Å². The molecule has 1 aliphatic heterocycles. The molecule has 0 bridgehead atoms. The molecule has 1 unspecified atom stereocenters. The second-order valence-corrected chi connectivity index (χ2v) is 4.11. The molecule has 0 saturated carbocycles. The van der Waals surface area contributed by atoms with Crippen LogP contribution >= 0.6 is 11.6 Å². The number of rotatable bonds is 6. The van der Waals surface area contributed by atoms with Gasteiger partial charge >= 0.3 is 0 Å². The smallest absolute Gasteiger partial charge is 0.0224 e. The molecule has 1 saturated heterocycles. The molecular weight excluding hydrogens is 196 g/mol. The highest BCUT2D eigenvalue weighted by Gasteiger charge is 2.22. The minimum atomic E-state index is 0.717. The SMILES string of the molecule is CCCNCC1CCCN1C/C=C/Cl. The molecule has 0 radical (unpaired) electrons. The molecule has 1 atom stereocenters. The standard InChI is InChI=1S/C11H21ClN2/c1-2-7-13-10-11-5-3-8-14(11)9-4-6-12/h4,6,11,13H,2-3,5,7-10H2,1H3/b6-4+. The quantitative estimate of drug-likeness (QED) is 0.685. The fourth-order valence-corrected chi connectivity index (χ4v) is 2.07. The van der Waals surface area contributed by atoms with Crippen LogP contribution < -0.4 is 5.32 Å². The van der Waals surface area contributed by atoms with E-state index in [9.17, 15) is 0 Å². The lowest BCUT2D eigenvalue weighted by Gasteiger charge is -2.23. The van der Waals surface area contributed by atoms with Gasteiger partial charge in [0.15, 0.2) is 0 Å². The third kappa shape index (κ3) is 3.99. The van der Waals surface area contributed by atoms with Crippen molar-refractivity contribution in [2.45, 2.75) is 32.2 Å². The first-order valence-corrected chi connectivity index (χ1v) is 6.02. The fourth-order valence-electron chi connectivity index (χ4n) is 1.99. The number of hydrogen-bond acceptors (Lipinski definition) is 2. The Bertz CT molecular complexity index is 171. The third-order valence-electron chi connectivity index (χ3n) is 2.73. The Morgan fingerprint density at radius 2 is 2.43 bits per heavy atom. The molecule has 3 heteroatoms. The molecule has 82 valence electrons. The van der Waals surface area contributed by atoms with E-state index >= 15 is 0 Å². The average molecular weight is 217 g/mol. The highest BCUT2D eigenvalue weighted by atomic mass is 35.5. The van der Waals surface area contributed by atoms with Crippen molar-refractivity contribution in [2.24, 2.45) is 0 Å². The van der Waals surface area contributed by atoms with E-state index in [0.29, 0.717) is 0 Å². The fraction of sp³-hybridized carbons (Fsp3) is 0.818. The molecule has 1 heterocycles. The van der Waals surface area contributed by atoms with E-state index in [1.165, 1.54) is 25.8 Å². The van der Waals surface area contributed by atoms with Gasteiger partial charge in [-0.2, -0.15) is 0 Å². The van der Waals surface area contributed by atoms with Gasteiger partial charge < -0.3 is 5.32 Å². The summed E-state index contributed by atoms with van der Waals surface area (Å²) in [6.45, 7) is 6.69. The van der Waals surface area contributed by atoms with E-state index in [4.69, 9.17) is 11.6 Å². The van der Waals surface area contributed by atoms with Crippen LogP contribution in [0.4, 0.5) is 0 Å². The van der Waals surface area contributed by atoms with Crippen LogP contribution in [0.3, 0.4) is 0 Å². The van der Waals surface area contributed by atoms with Crippen molar-refractivity contribution in [1.82, 2.24) is 10.2 Å². The minimum absolute atomic E-state index is 0.717. The Hall–Kier alpha value is -0.0500. The first kappa shape index (κ1) is 12.0. The van der Waals surface area contributed by atoms with Crippen LogP contribution in [0.1, 0.15) is 26.2 Å². The lowest BCUT2D eigenvalue weighted by Crippen LogP contribution is -2.38. The molecule has 0 amide bonds. The number of halogens is 1. The van der Waals surface area contributed by atoms with Gasteiger partial charge in [0.05, 0.1) is 0 Å². The highest BCUT2D eigenvalue weighted by Crippen LogP contribution is 2.16. The summed E-state index contributed by atoms with van der Waals surface area (Å²) < 4.78 is 0. The van der Waals surface area contributed by atoms with Crippen LogP contribution in [0.15, 0.2) is 11.6 Å². The lowest BCUT2D eigenvalue weighted by atomic mass is 10.2. The first-order chi connectivity index (χ1) is 6.88. The van der Waals surface area contributed by atoms with Crippen LogP contribution in [0.2, 0.25) is 0 Å². The highest BCUT2D eigenvalue weighted by molar-refractivity contribution is 6.25. The van der Waals surface area contributed by atoms with Crippen LogP contribution in [-0.2, 0) is 0 Å². The van der Waals surface area contributed by atoms with Crippen molar-refractivity contribution in [3.63, 3.8) is 0 Å².